The monoisotopic (exact) mass is 279 g/mol. The third kappa shape index (κ3) is 5.69. The second-order valence-electron chi connectivity index (χ2n) is 4.16. The third-order valence-corrected chi connectivity index (χ3v) is 2.55. The maximum Gasteiger partial charge on any atom is 0.490 e. The molecule has 1 heterocycles. The van der Waals surface area contributed by atoms with Gasteiger partial charge in [-0.05, 0) is 43.1 Å². The highest BCUT2D eigenvalue weighted by molar-refractivity contribution is 5.73. The normalized spacial score (nSPS) is 15.2. The van der Waals surface area contributed by atoms with Gasteiger partial charge < -0.3 is 10.4 Å². The molecule has 3 nitrogen and oxygen atoms in total. The molecule has 0 atom stereocenters. The van der Waals surface area contributed by atoms with Gasteiger partial charge in [-0.15, -0.1) is 0 Å². The zero-order chi connectivity index (χ0) is 14.5. The first-order valence-corrected chi connectivity index (χ1v) is 5.54. The first kappa shape index (κ1) is 15.4. The summed E-state index contributed by atoms with van der Waals surface area (Å²) >= 11 is 0. The fourth-order valence-electron chi connectivity index (χ4n) is 1.45. The van der Waals surface area contributed by atoms with Gasteiger partial charge in [0.1, 0.15) is 5.82 Å². The Hall–Kier alpha value is -1.63. The second kappa shape index (κ2) is 6.51. The Labute approximate surface area is 107 Å². The lowest BCUT2D eigenvalue weighted by Crippen LogP contribution is -2.43. The van der Waals surface area contributed by atoms with Crippen LogP contribution in [-0.2, 0) is 11.2 Å². The van der Waals surface area contributed by atoms with Gasteiger partial charge >= 0.3 is 12.1 Å². The summed E-state index contributed by atoms with van der Waals surface area (Å²) in [4.78, 5) is 8.90. The van der Waals surface area contributed by atoms with Crippen LogP contribution in [0.3, 0.4) is 0 Å². The molecule has 1 aliphatic heterocycles. The van der Waals surface area contributed by atoms with Crippen LogP contribution in [0.4, 0.5) is 17.6 Å². The molecule has 0 spiro atoms. The molecule has 0 amide bonds. The number of alkyl halides is 3. The minimum absolute atomic E-state index is 0.148. The van der Waals surface area contributed by atoms with E-state index in [4.69, 9.17) is 9.90 Å². The maximum atomic E-state index is 12.5. The van der Waals surface area contributed by atoms with Crippen LogP contribution in [0.15, 0.2) is 24.3 Å². The van der Waals surface area contributed by atoms with E-state index in [2.05, 4.69) is 5.32 Å². The van der Waals surface area contributed by atoms with Gasteiger partial charge in [0.15, 0.2) is 0 Å². The van der Waals surface area contributed by atoms with Crippen LogP contribution in [0.1, 0.15) is 5.56 Å². The average Bonchev–Trinajstić information content (AvgIpc) is 2.25. The predicted molar refractivity (Wildman–Crippen MR) is 60.2 cm³/mol. The molecule has 7 heteroatoms. The summed E-state index contributed by atoms with van der Waals surface area (Å²) in [7, 11) is 0. The molecular formula is C12H13F4NO2. The number of halogens is 4. The number of benzene rings is 1. The van der Waals surface area contributed by atoms with Crippen LogP contribution in [0.5, 0.6) is 0 Å². The topological polar surface area (TPSA) is 49.3 Å². The quantitative estimate of drug-likeness (QED) is 0.816. The van der Waals surface area contributed by atoms with Crippen molar-refractivity contribution in [2.45, 2.75) is 12.6 Å². The van der Waals surface area contributed by atoms with Crippen LogP contribution < -0.4 is 5.32 Å². The molecule has 2 N–H and O–H groups in total. The van der Waals surface area contributed by atoms with Gasteiger partial charge in [-0.3, -0.25) is 0 Å². The zero-order valence-electron chi connectivity index (χ0n) is 9.88. The molecule has 106 valence electrons. The number of carboxylic acid groups (broad SMARTS) is 1. The number of aliphatic carboxylic acids is 1. The van der Waals surface area contributed by atoms with Crippen LogP contribution in [-0.4, -0.2) is 30.3 Å². The first-order chi connectivity index (χ1) is 8.79. The number of hydrogen-bond acceptors (Lipinski definition) is 2. The Balaban J connectivity index is 0.000000224. The van der Waals surface area contributed by atoms with E-state index in [-0.39, 0.29) is 5.82 Å². The average molecular weight is 279 g/mol. The lowest BCUT2D eigenvalue weighted by molar-refractivity contribution is -0.192. The number of rotatable bonds is 2. The van der Waals surface area contributed by atoms with E-state index < -0.39 is 12.1 Å². The summed E-state index contributed by atoms with van der Waals surface area (Å²) in [6.45, 7) is 2.22. The Bertz CT molecular complexity index is 413. The van der Waals surface area contributed by atoms with Gasteiger partial charge in [-0.2, -0.15) is 13.2 Å². The SMILES string of the molecule is Fc1ccc(CC2CNC2)cc1.O=C(O)C(F)(F)F. The van der Waals surface area contributed by atoms with Gasteiger partial charge in [0, 0.05) is 0 Å². The molecule has 0 bridgehead atoms. The van der Waals surface area contributed by atoms with E-state index in [1.807, 2.05) is 12.1 Å². The zero-order valence-corrected chi connectivity index (χ0v) is 9.88. The minimum atomic E-state index is -5.08. The summed E-state index contributed by atoms with van der Waals surface area (Å²) < 4.78 is 44.2. The van der Waals surface area contributed by atoms with Crippen molar-refractivity contribution in [3.8, 4) is 0 Å². The lowest BCUT2D eigenvalue weighted by atomic mass is 9.94. The standard InChI is InChI=1S/C10H12FN.C2HF3O2/c11-10-3-1-8(2-4-10)5-9-6-12-7-9;3-2(4,5)1(6)7/h1-4,9,12H,5-7H2;(H,6,7). The van der Waals surface area contributed by atoms with Gasteiger partial charge in [-0.25, -0.2) is 9.18 Å². The van der Waals surface area contributed by atoms with E-state index in [9.17, 15) is 17.6 Å². The van der Waals surface area contributed by atoms with Crippen LogP contribution >= 0.6 is 0 Å². The first-order valence-electron chi connectivity index (χ1n) is 5.54. The summed E-state index contributed by atoms with van der Waals surface area (Å²) in [6.07, 6.45) is -4.01. The van der Waals surface area contributed by atoms with E-state index >= 15 is 0 Å². The summed E-state index contributed by atoms with van der Waals surface area (Å²) in [5.41, 5.74) is 1.24. The van der Waals surface area contributed by atoms with Crippen molar-refractivity contribution >= 4 is 5.97 Å². The van der Waals surface area contributed by atoms with E-state index in [1.165, 1.54) is 17.7 Å². The molecule has 0 saturated carbocycles. The van der Waals surface area contributed by atoms with E-state index in [0.717, 1.165) is 25.4 Å². The largest absolute Gasteiger partial charge is 0.490 e. The molecule has 19 heavy (non-hydrogen) atoms. The van der Waals surface area contributed by atoms with Crippen molar-refractivity contribution in [2.24, 2.45) is 5.92 Å². The van der Waals surface area contributed by atoms with Crippen molar-refractivity contribution in [3.63, 3.8) is 0 Å². The molecule has 1 aromatic rings. The molecule has 0 aliphatic carbocycles. The number of carbonyl (C=O) groups is 1. The maximum absolute atomic E-state index is 12.5. The summed E-state index contributed by atoms with van der Waals surface area (Å²) in [6, 6.07) is 6.80. The van der Waals surface area contributed by atoms with Crippen molar-refractivity contribution in [3.05, 3.63) is 35.6 Å². The highest BCUT2D eigenvalue weighted by Gasteiger charge is 2.38. The molecule has 2 rings (SSSR count). The number of nitrogens with one attached hydrogen (secondary N) is 1. The van der Waals surface area contributed by atoms with Crippen molar-refractivity contribution in [2.75, 3.05) is 13.1 Å². The fraction of sp³-hybridized carbons (Fsp3) is 0.417. The van der Waals surface area contributed by atoms with Crippen molar-refractivity contribution in [1.82, 2.24) is 5.32 Å². The summed E-state index contributed by atoms with van der Waals surface area (Å²) in [5, 5.41) is 10.3. The van der Waals surface area contributed by atoms with Gasteiger partial charge in [0.05, 0.1) is 0 Å². The highest BCUT2D eigenvalue weighted by Crippen LogP contribution is 2.13. The van der Waals surface area contributed by atoms with Crippen molar-refractivity contribution < 1.29 is 27.5 Å². The predicted octanol–water partition coefficient (Wildman–Crippen LogP) is 2.22. The van der Waals surface area contributed by atoms with Gasteiger partial charge in [-0.1, -0.05) is 12.1 Å². The minimum Gasteiger partial charge on any atom is -0.475 e. The molecule has 0 aromatic heterocycles. The smallest absolute Gasteiger partial charge is 0.475 e. The number of carboxylic acids is 1. The molecule has 1 saturated heterocycles. The molecule has 1 aromatic carbocycles. The lowest BCUT2D eigenvalue weighted by Gasteiger charge is -2.26. The van der Waals surface area contributed by atoms with Gasteiger partial charge in [0.2, 0.25) is 0 Å². The molecular weight excluding hydrogens is 266 g/mol. The highest BCUT2D eigenvalue weighted by atomic mass is 19.4. The third-order valence-electron chi connectivity index (χ3n) is 2.55. The second-order valence-corrected chi connectivity index (χ2v) is 4.16. The van der Waals surface area contributed by atoms with Crippen LogP contribution in [0.25, 0.3) is 0 Å². The Morgan fingerprint density at radius 1 is 1.26 bits per heavy atom. The number of hydrogen-bond donors (Lipinski definition) is 2. The van der Waals surface area contributed by atoms with E-state index in [0.29, 0.717) is 0 Å². The van der Waals surface area contributed by atoms with E-state index in [1.54, 1.807) is 0 Å². The summed E-state index contributed by atoms with van der Waals surface area (Å²) in [5.74, 6) is -2.14. The molecule has 0 unspecified atom stereocenters. The molecule has 0 radical (unpaired) electrons. The fourth-order valence-corrected chi connectivity index (χ4v) is 1.45. The van der Waals surface area contributed by atoms with Crippen LogP contribution in [0, 0.1) is 11.7 Å². The Morgan fingerprint density at radius 3 is 2.05 bits per heavy atom. The van der Waals surface area contributed by atoms with Crippen LogP contribution in [0.2, 0.25) is 0 Å². The molecule has 1 aliphatic rings. The Morgan fingerprint density at radius 2 is 1.74 bits per heavy atom. The molecule has 1 fully saturated rings. The van der Waals surface area contributed by atoms with Gasteiger partial charge in [0.25, 0.3) is 0 Å². The van der Waals surface area contributed by atoms with Crippen molar-refractivity contribution in [1.29, 1.82) is 0 Å². The Kier molecular flexibility index (Phi) is 5.29.